The first-order chi connectivity index (χ1) is 11.5. The predicted octanol–water partition coefficient (Wildman–Crippen LogP) is 4.29. The highest BCUT2D eigenvalue weighted by Gasteiger charge is 2.23. The van der Waals surface area contributed by atoms with Gasteiger partial charge in [-0.2, -0.15) is 0 Å². The maximum absolute atomic E-state index is 12.9. The zero-order chi connectivity index (χ0) is 16.9. The van der Waals surface area contributed by atoms with Crippen molar-refractivity contribution >= 4 is 44.8 Å². The highest BCUT2D eigenvalue weighted by Crippen LogP contribution is 2.34. The summed E-state index contributed by atoms with van der Waals surface area (Å²) in [5.41, 5.74) is 2.67. The van der Waals surface area contributed by atoms with E-state index in [1.165, 1.54) is 12.1 Å². The van der Waals surface area contributed by atoms with Gasteiger partial charge in [0, 0.05) is 35.5 Å². The number of fused-ring (bicyclic) bond motifs is 3. The Morgan fingerprint density at radius 3 is 2.56 bits per heavy atom. The Bertz CT molecular complexity index is 1040. The van der Waals surface area contributed by atoms with Gasteiger partial charge in [0.2, 0.25) is 9.84 Å². The fourth-order valence-corrected chi connectivity index (χ4v) is 4.65. The molecule has 1 aromatic heterocycles. The summed E-state index contributed by atoms with van der Waals surface area (Å²) < 4.78 is 31.8. The molecule has 3 aromatic rings. The van der Waals surface area contributed by atoms with Crippen molar-refractivity contribution in [1.82, 2.24) is 5.32 Å². The molecule has 1 aliphatic heterocycles. The molecule has 2 aromatic carbocycles. The average molecular weight is 398 g/mol. The third-order valence-electron chi connectivity index (χ3n) is 4.40. The first-order valence-corrected chi connectivity index (χ1v) is 9.59. The molecule has 0 atom stereocenters. The van der Waals surface area contributed by atoms with E-state index < -0.39 is 9.84 Å². The Kier molecular flexibility index (Phi) is 4.86. The van der Waals surface area contributed by atoms with Crippen LogP contribution in [0, 0.1) is 6.92 Å². The van der Waals surface area contributed by atoms with Gasteiger partial charge in [-0.1, -0.05) is 11.6 Å². The molecule has 0 saturated carbocycles. The molecule has 1 aliphatic rings. The summed E-state index contributed by atoms with van der Waals surface area (Å²) >= 11 is 5.86. The molecule has 4 rings (SSSR count). The molecule has 7 heteroatoms. The van der Waals surface area contributed by atoms with Crippen LogP contribution in [0.25, 0.3) is 11.0 Å². The van der Waals surface area contributed by atoms with Crippen LogP contribution in [-0.2, 0) is 22.8 Å². The quantitative estimate of drug-likeness (QED) is 0.700. The Morgan fingerprint density at radius 1 is 1.12 bits per heavy atom. The second kappa shape index (κ2) is 6.65. The van der Waals surface area contributed by atoms with Gasteiger partial charge in [-0.3, -0.25) is 0 Å². The first-order valence-electron chi connectivity index (χ1n) is 7.73. The average Bonchev–Trinajstić information content (AvgIpc) is 2.95. The van der Waals surface area contributed by atoms with Crippen molar-refractivity contribution in [2.45, 2.75) is 29.7 Å². The number of nitrogens with one attached hydrogen (secondary N) is 1. The van der Waals surface area contributed by atoms with Gasteiger partial charge >= 0.3 is 0 Å². The molecule has 4 nitrogen and oxygen atoms in total. The second-order valence-corrected chi connectivity index (χ2v) is 8.39. The molecule has 0 bridgehead atoms. The molecule has 1 N–H and O–H groups in total. The summed E-state index contributed by atoms with van der Waals surface area (Å²) in [7, 11) is -3.59. The van der Waals surface area contributed by atoms with E-state index in [9.17, 15) is 8.42 Å². The van der Waals surface area contributed by atoms with Gasteiger partial charge in [0.1, 0.15) is 11.3 Å². The minimum atomic E-state index is -3.59. The van der Waals surface area contributed by atoms with Crippen LogP contribution in [0.3, 0.4) is 0 Å². The molecule has 132 valence electrons. The van der Waals surface area contributed by atoms with E-state index in [2.05, 4.69) is 5.32 Å². The Hall–Kier alpha value is -1.53. The first kappa shape index (κ1) is 18.3. The number of furan rings is 1. The highest BCUT2D eigenvalue weighted by molar-refractivity contribution is 7.91. The third-order valence-corrected chi connectivity index (χ3v) is 6.40. The summed E-state index contributed by atoms with van der Waals surface area (Å²) in [6.45, 7) is 3.46. The molecule has 0 saturated heterocycles. The van der Waals surface area contributed by atoms with Gasteiger partial charge in [0.25, 0.3) is 0 Å². The van der Waals surface area contributed by atoms with E-state index in [4.69, 9.17) is 16.0 Å². The smallest absolute Gasteiger partial charge is 0.206 e. The van der Waals surface area contributed by atoms with Gasteiger partial charge in [-0.15, -0.1) is 12.4 Å². The largest absolute Gasteiger partial charge is 0.460 e. The normalized spacial score (nSPS) is 14.2. The molecular formula is C18H17Cl2NO3S. The van der Waals surface area contributed by atoms with Crippen LogP contribution >= 0.6 is 24.0 Å². The topological polar surface area (TPSA) is 59.3 Å². The van der Waals surface area contributed by atoms with Crippen LogP contribution < -0.4 is 5.32 Å². The van der Waals surface area contributed by atoms with Crippen LogP contribution in [0.1, 0.15) is 16.9 Å². The lowest BCUT2D eigenvalue weighted by molar-refractivity contribution is 0.499. The lowest BCUT2D eigenvalue weighted by Gasteiger charge is -2.11. The zero-order valence-corrected chi connectivity index (χ0v) is 15.9. The van der Waals surface area contributed by atoms with Crippen molar-refractivity contribution in [3.8, 4) is 0 Å². The summed E-state index contributed by atoms with van der Waals surface area (Å²) in [6.07, 6.45) is 0.822. The number of rotatable bonds is 2. The summed E-state index contributed by atoms with van der Waals surface area (Å²) in [6, 6.07) is 9.64. The summed E-state index contributed by atoms with van der Waals surface area (Å²) in [5, 5.41) is 4.70. The van der Waals surface area contributed by atoms with Crippen molar-refractivity contribution in [2.75, 3.05) is 6.54 Å². The van der Waals surface area contributed by atoms with E-state index >= 15 is 0 Å². The Balaban J connectivity index is 0.00000182. The highest BCUT2D eigenvalue weighted by atomic mass is 35.5. The monoisotopic (exact) mass is 397 g/mol. The molecule has 2 heterocycles. The van der Waals surface area contributed by atoms with Gasteiger partial charge in [-0.25, -0.2) is 8.42 Å². The van der Waals surface area contributed by atoms with E-state index in [0.717, 1.165) is 40.8 Å². The number of halogens is 2. The van der Waals surface area contributed by atoms with E-state index in [0.29, 0.717) is 11.6 Å². The van der Waals surface area contributed by atoms with Crippen LogP contribution in [0.4, 0.5) is 0 Å². The van der Waals surface area contributed by atoms with Crippen molar-refractivity contribution in [3.05, 3.63) is 58.3 Å². The molecule has 0 unspecified atom stereocenters. The lowest BCUT2D eigenvalue weighted by Crippen LogP contribution is -2.22. The van der Waals surface area contributed by atoms with Crippen molar-refractivity contribution in [1.29, 1.82) is 0 Å². The Morgan fingerprint density at radius 2 is 1.84 bits per heavy atom. The minimum absolute atomic E-state index is 0. The van der Waals surface area contributed by atoms with Gasteiger partial charge < -0.3 is 9.73 Å². The molecule has 0 radical (unpaired) electrons. The van der Waals surface area contributed by atoms with Crippen molar-refractivity contribution < 1.29 is 12.8 Å². The van der Waals surface area contributed by atoms with E-state index in [1.807, 2.05) is 6.92 Å². The van der Waals surface area contributed by atoms with Crippen molar-refractivity contribution in [2.24, 2.45) is 0 Å². The van der Waals surface area contributed by atoms with Gasteiger partial charge in [0.05, 0.1) is 9.79 Å². The predicted molar refractivity (Wildman–Crippen MR) is 101 cm³/mol. The number of hydrogen-bond acceptors (Lipinski definition) is 4. The molecule has 0 spiro atoms. The maximum atomic E-state index is 12.9. The molecule has 0 aliphatic carbocycles. The molecule has 25 heavy (non-hydrogen) atoms. The SMILES string of the molecule is Cc1cc(S(=O)(=O)c2ccc(Cl)cc2)cc2c3c(oc12)CCNC3.Cl. The molecule has 0 amide bonds. The number of sulfone groups is 1. The van der Waals surface area contributed by atoms with E-state index in [-0.39, 0.29) is 22.2 Å². The maximum Gasteiger partial charge on any atom is 0.206 e. The molecular weight excluding hydrogens is 381 g/mol. The van der Waals surface area contributed by atoms with Crippen LogP contribution in [0.15, 0.2) is 50.6 Å². The second-order valence-electron chi connectivity index (χ2n) is 6.00. The third kappa shape index (κ3) is 3.06. The van der Waals surface area contributed by atoms with Crippen LogP contribution in [0.2, 0.25) is 5.02 Å². The van der Waals surface area contributed by atoms with Gasteiger partial charge in [0.15, 0.2) is 0 Å². The van der Waals surface area contributed by atoms with Crippen molar-refractivity contribution in [3.63, 3.8) is 0 Å². The van der Waals surface area contributed by atoms with E-state index in [1.54, 1.807) is 24.3 Å². The number of hydrogen-bond donors (Lipinski definition) is 1. The summed E-state index contributed by atoms with van der Waals surface area (Å²) in [4.78, 5) is 0.519. The number of benzene rings is 2. The Labute approximate surface area is 157 Å². The minimum Gasteiger partial charge on any atom is -0.460 e. The lowest BCUT2D eigenvalue weighted by atomic mass is 10.0. The fraction of sp³-hybridized carbons (Fsp3) is 0.222. The van der Waals surface area contributed by atoms with Crippen LogP contribution in [-0.4, -0.2) is 15.0 Å². The zero-order valence-electron chi connectivity index (χ0n) is 13.5. The fourth-order valence-electron chi connectivity index (χ4n) is 3.15. The summed E-state index contributed by atoms with van der Waals surface area (Å²) in [5.74, 6) is 0.952. The standard InChI is InChI=1S/C18H16ClNO3S.ClH/c1-11-8-14(24(21,22)13-4-2-12(19)3-5-13)9-15-16-10-20-7-6-17(16)23-18(11)15;/h2-5,8-9,20H,6-7,10H2,1H3;1H. The number of aryl methyl sites for hydroxylation is 1. The van der Waals surface area contributed by atoms with Crippen LogP contribution in [0.5, 0.6) is 0 Å². The van der Waals surface area contributed by atoms with Gasteiger partial charge in [-0.05, 0) is 48.9 Å². The molecule has 0 fully saturated rings.